The van der Waals surface area contributed by atoms with Crippen LogP contribution in [0.5, 0.6) is 11.5 Å². The summed E-state index contributed by atoms with van der Waals surface area (Å²) in [6, 6.07) is 11.3. The normalized spacial score (nSPS) is 10.5. The van der Waals surface area contributed by atoms with E-state index in [9.17, 15) is 18.8 Å². The molecule has 0 atom stereocenters. The molecule has 2 aromatic carbocycles. The molecule has 28 heavy (non-hydrogen) atoms. The molecule has 0 aliphatic carbocycles. The van der Waals surface area contributed by atoms with Crippen molar-refractivity contribution in [1.29, 1.82) is 0 Å². The lowest BCUT2D eigenvalue weighted by Crippen LogP contribution is -2.19. The number of ether oxygens (including phenoxy) is 3. The average Bonchev–Trinajstić information content (AvgIpc) is 2.70. The summed E-state index contributed by atoms with van der Waals surface area (Å²) in [6.45, 7) is -1.01. The third-order valence-electron chi connectivity index (χ3n) is 3.79. The van der Waals surface area contributed by atoms with Gasteiger partial charge in [-0.25, -0.2) is 14.0 Å². The van der Waals surface area contributed by atoms with Crippen LogP contribution in [-0.2, 0) is 9.53 Å². The molecule has 1 heterocycles. The van der Waals surface area contributed by atoms with E-state index in [1.807, 2.05) is 0 Å². The van der Waals surface area contributed by atoms with Crippen LogP contribution in [0.4, 0.5) is 4.39 Å². The first kappa shape index (κ1) is 19.1. The van der Waals surface area contributed by atoms with Crippen molar-refractivity contribution in [2.45, 2.75) is 0 Å². The van der Waals surface area contributed by atoms with E-state index in [-0.39, 0.29) is 11.3 Å². The predicted molar refractivity (Wildman–Crippen MR) is 96.2 cm³/mol. The van der Waals surface area contributed by atoms with Crippen LogP contribution in [0.15, 0.2) is 57.7 Å². The van der Waals surface area contributed by atoms with Crippen LogP contribution >= 0.6 is 0 Å². The maximum atomic E-state index is 13.6. The number of benzene rings is 2. The number of fused-ring (bicyclic) bond motifs is 1. The third kappa shape index (κ3) is 4.53. The minimum absolute atomic E-state index is 0.00756. The maximum absolute atomic E-state index is 13.6. The molecule has 0 N–H and O–H groups in total. The van der Waals surface area contributed by atoms with Crippen LogP contribution in [0.25, 0.3) is 11.0 Å². The molecular formula is C20H15FO7. The fourth-order valence-electron chi connectivity index (χ4n) is 2.38. The molecule has 3 aromatic rings. The van der Waals surface area contributed by atoms with Gasteiger partial charge in [0.2, 0.25) is 0 Å². The standard InChI is InChI=1S/C20H15FO7/c1-25-17-6-3-13(8-15(17)21)16(22)10-27-20(24)11-26-14-5-2-12-4-7-19(23)28-18(12)9-14/h2-9H,10-11H2,1H3. The van der Waals surface area contributed by atoms with E-state index < -0.39 is 36.4 Å². The van der Waals surface area contributed by atoms with Crippen LogP contribution in [-0.4, -0.2) is 32.1 Å². The third-order valence-corrected chi connectivity index (χ3v) is 3.79. The number of Topliss-reactive ketones (excluding diaryl/α,β-unsaturated/α-hetero) is 1. The molecule has 0 bridgehead atoms. The van der Waals surface area contributed by atoms with Crippen molar-refractivity contribution >= 4 is 22.7 Å². The summed E-state index contributed by atoms with van der Waals surface area (Å²) >= 11 is 0. The summed E-state index contributed by atoms with van der Waals surface area (Å²) in [6.07, 6.45) is 0. The van der Waals surface area contributed by atoms with Gasteiger partial charge in [-0.2, -0.15) is 0 Å². The summed E-state index contributed by atoms with van der Waals surface area (Å²) in [5.74, 6) is -1.74. The Labute approximate surface area is 158 Å². The van der Waals surface area contributed by atoms with Gasteiger partial charge in [0.25, 0.3) is 0 Å². The molecule has 144 valence electrons. The Balaban J connectivity index is 1.53. The average molecular weight is 386 g/mol. The fraction of sp³-hybridized carbons (Fsp3) is 0.150. The van der Waals surface area contributed by atoms with Crippen molar-refractivity contribution in [3.05, 3.63) is 70.3 Å². The molecule has 0 spiro atoms. The number of hydrogen-bond donors (Lipinski definition) is 0. The summed E-state index contributed by atoms with van der Waals surface area (Å²) in [7, 11) is 1.31. The van der Waals surface area contributed by atoms with E-state index in [2.05, 4.69) is 0 Å². The number of hydrogen-bond acceptors (Lipinski definition) is 7. The van der Waals surface area contributed by atoms with E-state index in [0.29, 0.717) is 16.7 Å². The summed E-state index contributed by atoms with van der Waals surface area (Å²) < 4.78 is 33.5. The molecule has 0 aliphatic rings. The number of methoxy groups -OCH3 is 1. The number of ketones is 1. The van der Waals surface area contributed by atoms with Gasteiger partial charge in [-0.05, 0) is 36.4 Å². The van der Waals surface area contributed by atoms with Gasteiger partial charge in [-0.15, -0.1) is 0 Å². The number of carbonyl (C=O) groups excluding carboxylic acids is 2. The zero-order valence-electron chi connectivity index (χ0n) is 14.8. The minimum atomic E-state index is -0.781. The van der Waals surface area contributed by atoms with Crippen LogP contribution in [0.1, 0.15) is 10.4 Å². The predicted octanol–water partition coefficient (Wildman–Crippen LogP) is 2.75. The van der Waals surface area contributed by atoms with Gasteiger partial charge in [0.1, 0.15) is 11.3 Å². The van der Waals surface area contributed by atoms with Gasteiger partial charge in [0.05, 0.1) is 7.11 Å². The van der Waals surface area contributed by atoms with Crippen molar-refractivity contribution in [1.82, 2.24) is 0 Å². The minimum Gasteiger partial charge on any atom is -0.494 e. The summed E-state index contributed by atoms with van der Waals surface area (Å²) in [4.78, 5) is 35.0. The van der Waals surface area contributed by atoms with Gasteiger partial charge < -0.3 is 18.6 Å². The highest BCUT2D eigenvalue weighted by atomic mass is 19.1. The molecule has 7 nitrogen and oxygen atoms in total. The maximum Gasteiger partial charge on any atom is 0.344 e. The molecule has 1 aromatic heterocycles. The molecule has 0 amide bonds. The van der Waals surface area contributed by atoms with E-state index in [1.165, 1.54) is 31.4 Å². The number of carbonyl (C=O) groups is 2. The lowest BCUT2D eigenvalue weighted by atomic mass is 10.1. The molecule has 3 rings (SSSR count). The largest absolute Gasteiger partial charge is 0.494 e. The van der Waals surface area contributed by atoms with Crippen molar-refractivity contribution in [2.75, 3.05) is 20.3 Å². The lowest BCUT2D eigenvalue weighted by molar-refractivity contribution is -0.144. The molecule has 0 fully saturated rings. The molecule has 0 saturated heterocycles. The first-order valence-corrected chi connectivity index (χ1v) is 8.15. The SMILES string of the molecule is COc1ccc(C(=O)COC(=O)COc2ccc3ccc(=O)oc3c2)cc1F. The highest BCUT2D eigenvalue weighted by molar-refractivity contribution is 5.98. The van der Waals surface area contributed by atoms with Gasteiger partial charge in [0.15, 0.2) is 30.6 Å². The number of esters is 1. The van der Waals surface area contributed by atoms with Crippen molar-refractivity contribution < 1.29 is 32.6 Å². The second-order valence-corrected chi connectivity index (χ2v) is 5.68. The van der Waals surface area contributed by atoms with E-state index in [1.54, 1.807) is 18.2 Å². The Morgan fingerprint density at radius 2 is 1.82 bits per heavy atom. The van der Waals surface area contributed by atoms with Gasteiger partial charge in [-0.3, -0.25) is 4.79 Å². The molecule has 0 saturated carbocycles. The van der Waals surface area contributed by atoms with Crippen molar-refractivity contribution in [3.8, 4) is 11.5 Å². The molecular weight excluding hydrogens is 371 g/mol. The smallest absolute Gasteiger partial charge is 0.344 e. The molecule has 8 heteroatoms. The van der Waals surface area contributed by atoms with Crippen LogP contribution < -0.4 is 15.1 Å². The second-order valence-electron chi connectivity index (χ2n) is 5.68. The van der Waals surface area contributed by atoms with Gasteiger partial charge in [-0.1, -0.05) is 0 Å². The first-order valence-electron chi connectivity index (χ1n) is 8.15. The van der Waals surface area contributed by atoms with E-state index >= 15 is 0 Å². The Morgan fingerprint density at radius 3 is 2.57 bits per heavy atom. The van der Waals surface area contributed by atoms with Gasteiger partial charge >= 0.3 is 11.6 Å². The molecule has 0 unspecified atom stereocenters. The Hall–Kier alpha value is -3.68. The molecule has 0 aliphatic heterocycles. The number of halogens is 1. The fourth-order valence-corrected chi connectivity index (χ4v) is 2.38. The Kier molecular flexibility index (Phi) is 5.69. The van der Waals surface area contributed by atoms with Gasteiger partial charge in [0, 0.05) is 23.1 Å². The highest BCUT2D eigenvalue weighted by Crippen LogP contribution is 2.20. The van der Waals surface area contributed by atoms with Crippen LogP contribution in [0, 0.1) is 5.82 Å². The Bertz CT molecular complexity index is 1090. The second kappa shape index (κ2) is 8.34. The zero-order chi connectivity index (χ0) is 20.1. The zero-order valence-corrected chi connectivity index (χ0v) is 14.8. The van der Waals surface area contributed by atoms with E-state index in [4.69, 9.17) is 18.6 Å². The molecule has 0 radical (unpaired) electrons. The highest BCUT2D eigenvalue weighted by Gasteiger charge is 2.13. The van der Waals surface area contributed by atoms with Crippen molar-refractivity contribution in [3.63, 3.8) is 0 Å². The topological polar surface area (TPSA) is 92.0 Å². The number of rotatable bonds is 7. The quantitative estimate of drug-likeness (QED) is 0.350. The van der Waals surface area contributed by atoms with Crippen molar-refractivity contribution in [2.24, 2.45) is 0 Å². The summed E-state index contributed by atoms with van der Waals surface area (Å²) in [5, 5.41) is 0.701. The monoisotopic (exact) mass is 386 g/mol. The Morgan fingerprint density at radius 1 is 1.04 bits per heavy atom. The van der Waals surface area contributed by atoms with Crippen LogP contribution in [0.2, 0.25) is 0 Å². The lowest BCUT2D eigenvalue weighted by Gasteiger charge is -2.08. The van der Waals surface area contributed by atoms with E-state index in [0.717, 1.165) is 6.07 Å². The summed E-state index contributed by atoms with van der Waals surface area (Å²) in [5.41, 5.74) is -0.135. The van der Waals surface area contributed by atoms with Crippen LogP contribution in [0.3, 0.4) is 0 Å². The first-order chi connectivity index (χ1) is 13.5.